The lowest BCUT2D eigenvalue weighted by molar-refractivity contribution is -0.127. The fraction of sp³-hybridized carbons (Fsp3) is 0.857. The number of morpholine rings is 1. The van der Waals surface area contributed by atoms with Crippen molar-refractivity contribution in [2.75, 3.05) is 92.8 Å². The Morgan fingerprint density at radius 2 is 1.72 bits per heavy atom. The standard InChI is InChI=1S/C21H39N7O3.HI/c1-25(2)20(30)16-23-21(22-6-3-7-26-12-14-31-15-13-26)28-10-8-27(9-11-28)17-19(29)24-18-4-5-18;/h18H,3-17H2,1-2H3,(H,22,23)(H,24,29);1H. The number of amides is 2. The zero-order valence-corrected chi connectivity index (χ0v) is 21.9. The van der Waals surface area contributed by atoms with Crippen LogP contribution in [-0.2, 0) is 14.3 Å². The van der Waals surface area contributed by atoms with Crippen LogP contribution in [0.3, 0.4) is 0 Å². The highest BCUT2D eigenvalue weighted by atomic mass is 127. The van der Waals surface area contributed by atoms with Gasteiger partial charge in [-0.3, -0.25) is 19.4 Å². The van der Waals surface area contributed by atoms with Gasteiger partial charge in [-0.05, 0) is 25.8 Å². The van der Waals surface area contributed by atoms with E-state index in [9.17, 15) is 9.59 Å². The van der Waals surface area contributed by atoms with E-state index in [0.29, 0.717) is 12.6 Å². The Balaban J connectivity index is 0.00000363. The second-order valence-corrected chi connectivity index (χ2v) is 8.77. The maximum atomic E-state index is 12.1. The summed E-state index contributed by atoms with van der Waals surface area (Å²) in [5.74, 6) is 0.907. The molecule has 0 radical (unpaired) electrons. The molecule has 0 aromatic carbocycles. The molecule has 0 spiro atoms. The molecule has 184 valence electrons. The molecule has 1 saturated carbocycles. The van der Waals surface area contributed by atoms with Crippen LogP contribution in [0.15, 0.2) is 4.99 Å². The number of hydrogen-bond acceptors (Lipinski definition) is 6. The molecule has 2 heterocycles. The number of piperazine rings is 1. The first kappa shape index (κ1) is 27.1. The minimum absolute atomic E-state index is 0. The van der Waals surface area contributed by atoms with Gasteiger partial charge in [0, 0.05) is 66.0 Å². The van der Waals surface area contributed by atoms with Crippen molar-refractivity contribution in [3.63, 3.8) is 0 Å². The lowest BCUT2D eigenvalue weighted by atomic mass is 10.3. The highest BCUT2D eigenvalue weighted by molar-refractivity contribution is 14.0. The van der Waals surface area contributed by atoms with E-state index in [1.807, 2.05) is 0 Å². The summed E-state index contributed by atoms with van der Waals surface area (Å²) in [4.78, 5) is 37.1. The van der Waals surface area contributed by atoms with Crippen molar-refractivity contribution in [2.24, 2.45) is 4.99 Å². The number of aliphatic imine (C=N–C) groups is 1. The fourth-order valence-electron chi connectivity index (χ4n) is 3.70. The van der Waals surface area contributed by atoms with Crippen molar-refractivity contribution in [1.29, 1.82) is 0 Å². The van der Waals surface area contributed by atoms with Crippen LogP contribution in [-0.4, -0.2) is 136 Å². The summed E-state index contributed by atoms with van der Waals surface area (Å²) in [5, 5.41) is 6.52. The molecule has 0 aromatic rings. The van der Waals surface area contributed by atoms with Crippen LogP contribution in [0.25, 0.3) is 0 Å². The van der Waals surface area contributed by atoms with Gasteiger partial charge in [-0.1, -0.05) is 0 Å². The molecule has 2 N–H and O–H groups in total. The van der Waals surface area contributed by atoms with E-state index >= 15 is 0 Å². The second kappa shape index (κ2) is 14.2. The van der Waals surface area contributed by atoms with Crippen LogP contribution in [0, 0.1) is 0 Å². The average molecular weight is 566 g/mol. The average Bonchev–Trinajstić information content (AvgIpc) is 3.58. The Morgan fingerprint density at radius 3 is 2.34 bits per heavy atom. The van der Waals surface area contributed by atoms with Gasteiger partial charge >= 0.3 is 0 Å². The molecule has 3 aliphatic rings. The zero-order valence-electron chi connectivity index (χ0n) is 19.6. The molecule has 0 atom stereocenters. The van der Waals surface area contributed by atoms with Crippen LogP contribution < -0.4 is 10.6 Å². The largest absolute Gasteiger partial charge is 0.379 e. The number of carbonyl (C=O) groups excluding carboxylic acids is 2. The van der Waals surface area contributed by atoms with Gasteiger partial charge in [-0.25, -0.2) is 4.99 Å². The van der Waals surface area contributed by atoms with Gasteiger partial charge in [0.15, 0.2) is 5.96 Å². The Labute approximate surface area is 209 Å². The lowest BCUT2D eigenvalue weighted by Gasteiger charge is -2.36. The van der Waals surface area contributed by atoms with Gasteiger partial charge in [0.2, 0.25) is 11.8 Å². The monoisotopic (exact) mass is 565 g/mol. The van der Waals surface area contributed by atoms with Gasteiger partial charge < -0.3 is 25.2 Å². The number of ether oxygens (including phenoxy) is 1. The van der Waals surface area contributed by atoms with Gasteiger partial charge in [-0.2, -0.15) is 0 Å². The molecule has 32 heavy (non-hydrogen) atoms. The number of guanidine groups is 1. The number of carbonyl (C=O) groups is 2. The molecule has 11 heteroatoms. The van der Waals surface area contributed by atoms with Gasteiger partial charge in [0.25, 0.3) is 0 Å². The molecule has 3 fully saturated rings. The third-order valence-corrected chi connectivity index (χ3v) is 5.88. The Morgan fingerprint density at radius 1 is 1.03 bits per heavy atom. The van der Waals surface area contributed by atoms with Gasteiger partial charge in [-0.15, -0.1) is 24.0 Å². The van der Waals surface area contributed by atoms with Crippen molar-refractivity contribution in [3.05, 3.63) is 0 Å². The number of nitrogens with one attached hydrogen (secondary N) is 2. The third-order valence-electron chi connectivity index (χ3n) is 5.88. The molecule has 1 aliphatic carbocycles. The summed E-state index contributed by atoms with van der Waals surface area (Å²) in [6.45, 7) is 9.29. The molecule has 10 nitrogen and oxygen atoms in total. The molecule has 3 rings (SSSR count). The zero-order chi connectivity index (χ0) is 22.1. The number of nitrogens with zero attached hydrogens (tertiary/aromatic N) is 5. The summed E-state index contributed by atoms with van der Waals surface area (Å²) >= 11 is 0. The molecule has 2 amide bonds. The molecule has 0 aromatic heterocycles. The van der Waals surface area contributed by atoms with Crippen LogP contribution in [0.1, 0.15) is 19.3 Å². The molecule has 0 unspecified atom stereocenters. The van der Waals surface area contributed by atoms with Crippen molar-refractivity contribution in [1.82, 2.24) is 30.2 Å². The quantitative estimate of drug-likeness (QED) is 0.165. The molecule has 0 bridgehead atoms. The minimum atomic E-state index is -0.0111. The van der Waals surface area contributed by atoms with Gasteiger partial charge in [0.1, 0.15) is 6.54 Å². The molecular formula is C21H40IN7O3. The SMILES string of the molecule is CN(C)C(=O)CN=C(NCCCN1CCOCC1)N1CCN(CC(=O)NC2CC2)CC1.I. The maximum Gasteiger partial charge on any atom is 0.243 e. The highest BCUT2D eigenvalue weighted by Gasteiger charge is 2.26. The predicted octanol–water partition coefficient (Wildman–Crippen LogP) is -0.743. The topological polar surface area (TPSA) is 92.8 Å². The number of rotatable bonds is 9. The van der Waals surface area contributed by atoms with Crippen LogP contribution >= 0.6 is 24.0 Å². The smallest absolute Gasteiger partial charge is 0.243 e. The van der Waals surface area contributed by atoms with E-state index in [1.54, 1.807) is 19.0 Å². The first-order chi connectivity index (χ1) is 15.0. The van der Waals surface area contributed by atoms with Gasteiger partial charge in [0.05, 0.1) is 19.8 Å². The first-order valence-corrected chi connectivity index (χ1v) is 11.6. The Bertz CT molecular complexity index is 617. The lowest BCUT2D eigenvalue weighted by Crippen LogP contribution is -2.54. The van der Waals surface area contributed by atoms with Crippen molar-refractivity contribution >= 4 is 41.8 Å². The summed E-state index contributed by atoms with van der Waals surface area (Å²) in [6.07, 6.45) is 3.24. The summed E-state index contributed by atoms with van der Waals surface area (Å²) < 4.78 is 5.40. The maximum absolute atomic E-state index is 12.1. The minimum Gasteiger partial charge on any atom is -0.379 e. The predicted molar refractivity (Wildman–Crippen MR) is 135 cm³/mol. The number of halogens is 1. The summed E-state index contributed by atoms with van der Waals surface area (Å²) in [5.41, 5.74) is 0. The molecular weight excluding hydrogens is 525 g/mol. The van der Waals surface area contributed by atoms with Crippen molar-refractivity contribution in [2.45, 2.75) is 25.3 Å². The summed E-state index contributed by atoms with van der Waals surface area (Å²) in [6, 6.07) is 0.406. The Hall–Kier alpha value is -1.18. The normalized spacial score (nSPS) is 20.4. The number of likely N-dealkylation sites (N-methyl/N-ethyl adjacent to an activating group) is 1. The molecule has 2 aliphatic heterocycles. The summed E-state index contributed by atoms with van der Waals surface area (Å²) in [7, 11) is 3.50. The molecule has 2 saturated heterocycles. The van der Waals surface area contributed by atoms with Crippen LogP contribution in [0.2, 0.25) is 0 Å². The van der Waals surface area contributed by atoms with E-state index in [2.05, 4.69) is 30.3 Å². The van der Waals surface area contributed by atoms with Crippen molar-refractivity contribution < 1.29 is 14.3 Å². The van der Waals surface area contributed by atoms with E-state index in [1.165, 1.54) is 0 Å². The number of hydrogen-bond donors (Lipinski definition) is 2. The van der Waals surface area contributed by atoms with E-state index in [-0.39, 0.29) is 42.3 Å². The third kappa shape index (κ3) is 9.75. The Kier molecular flexibility index (Phi) is 12.0. The van der Waals surface area contributed by atoms with Crippen LogP contribution in [0.4, 0.5) is 0 Å². The second-order valence-electron chi connectivity index (χ2n) is 8.77. The van der Waals surface area contributed by atoms with Crippen molar-refractivity contribution in [3.8, 4) is 0 Å². The van der Waals surface area contributed by atoms with Crippen LogP contribution in [0.5, 0.6) is 0 Å². The highest BCUT2D eigenvalue weighted by Crippen LogP contribution is 2.18. The fourth-order valence-corrected chi connectivity index (χ4v) is 3.70. The van der Waals surface area contributed by atoms with E-state index in [4.69, 9.17) is 4.74 Å². The first-order valence-electron chi connectivity index (χ1n) is 11.6. The van der Waals surface area contributed by atoms with E-state index < -0.39 is 0 Å². The van der Waals surface area contributed by atoms with E-state index in [0.717, 1.165) is 90.8 Å².